The lowest BCUT2D eigenvalue weighted by Crippen LogP contribution is -3.05. The van der Waals surface area contributed by atoms with E-state index in [1.165, 1.54) is 13.2 Å². The van der Waals surface area contributed by atoms with Crippen molar-refractivity contribution >= 4 is 33.9 Å². The highest BCUT2D eigenvalue weighted by molar-refractivity contribution is 9.10. The summed E-state index contributed by atoms with van der Waals surface area (Å²) in [6.45, 7) is 0.381. The Morgan fingerprint density at radius 2 is 2.36 bits per heavy atom. The van der Waals surface area contributed by atoms with Crippen LogP contribution in [0.5, 0.6) is 0 Å². The maximum Gasteiger partial charge on any atom is 0.361 e. The first-order valence-corrected chi connectivity index (χ1v) is 7.26. The van der Waals surface area contributed by atoms with Crippen molar-refractivity contribution < 1.29 is 18.8 Å². The van der Waals surface area contributed by atoms with E-state index in [1.807, 2.05) is 0 Å². The van der Waals surface area contributed by atoms with E-state index in [9.17, 15) is 9.18 Å². The third-order valence-electron chi connectivity index (χ3n) is 3.31. The standard InChI is InChI=1S/C14H12BrFN4O2/c1-22-14(21)13-7-19-8-17-5-10(19)6-20(13)18-12-3-2-9(15)4-11(12)16/h2-5,7-8,18H,6H2,1H3/p+1. The molecule has 2 N–H and O–H groups in total. The molecule has 3 rings (SSSR count). The molecule has 2 aliphatic heterocycles. The van der Waals surface area contributed by atoms with E-state index >= 15 is 0 Å². The largest absolute Gasteiger partial charge is 0.464 e. The highest BCUT2D eigenvalue weighted by Crippen LogP contribution is 2.22. The van der Waals surface area contributed by atoms with E-state index in [-0.39, 0.29) is 5.69 Å². The number of hydrogen-bond donors (Lipinski definition) is 2. The second-order valence-electron chi connectivity index (χ2n) is 4.73. The van der Waals surface area contributed by atoms with Crippen LogP contribution < -0.4 is 10.3 Å². The Balaban J connectivity index is 1.90. The molecule has 8 heteroatoms. The lowest BCUT2D eigenvalue weighted by Gasteiger charge is -2.30. The van der Waals surface area contributed by atoms with Gasteiger partial charge in [0.25, 0.3) is 0 Å². The highest BCUT2D eigenvalue weighted by Gasteiger charge is 2.33. The summed E-state index contributed by atoms with van der Waals surface area (Å²) in [4.78, 5) is 16.9. The number of carbonyl (C=O) groups excluding carboxylic acids is 1. The summed E-state index contributed by atoms with van der Waals surface area (Å²) in [7, 11) is 1.31. The third-order valence-corrected chi connectivity index (χ3v) is 3.80. The molecule has 1 aromatic carbocycles. The first kappa shape index (κ1) is 14.7. The van der Waals surface area contributed by atoms with Gasteiger partial charge < -0.3 is 4.74 Å². The molecule has 0 saturated carbocycles. The van der Waals surface area contributed by atoms with Crippen LogP contribution in [0.15, 0.2) is 51.5 Å². The summed E-state index contributed by atoms with van der Waals surface area (Å²) in [5.41, 5.74) is 4.42. The number of ether oxygens (including phenoxy) is 1. The summed E-state index contributed by atoms with van der Waals surface area (Å²) < 4.78 is 19.4. The number of carbonyl (C=O) groups is 1. The number of benzene rings is 1. The van der Waals surface area contributed by atoms with Gasteiger partial charge in [0.05, 0.1) is 19.0 Å². The summed E-state index contributed by atoms with van der Waals surface area (Å²) in [5.74, 6) is -0.929. The van der Waals surface area contributed by atoms with E-state index in [4.69, 9.17) is 4.74 Å². The summed E-state index contributed by atoms with van der Waals surface area (Å²) >= 11 is 3.21. The number of hydrazine groups is 1. The molecule has 0 radical (unpaired) electrons. The van der Waals surface area contributed by atoms with Gasteiger partial charge in [0, 0.05) is 4.47 Å². The number of halogens is 2. The molecule has 0 saturated heterocycles. The number of methoxy groups -OCH3 is 1. The Morgan fingerprint density at radius 1 is 1.55 bits per heavy atom. The summed E-state index contributed by atoms with van der Waals surface area (Å²) in [6.07, 6.45) is 5.06. The van der Waals surface area contributed by atoms with Gasteiger partial charge in [-0.05, 0) is 18.2 Å². The average molecular weight is 368 g/mol. The summed E-state index contributed by atoms with van der Waals surface area (Å²) in [5, 5.41) is 1.54. The van der Waals surface area contributed by atoms with Crippen LogP contribution in [0, 0.1) is 5.82 Å². The van der Waals surface area contributed by atoms with Gasteiger partial charge in [-0.15, -0.1) is 0 Å². The van der Waals surface area contributed by atoms with Crippen LogP contribution in [0.1, 0.15) is 0 Å². The minimum Gasteiger partial charge on any atom is -0.464 e. The SMILES string of the molecule is COC(=O)C1=C[NH+]2C=NC=C2CN1Nc1ccc(Br)cc1F. The van der Waals surface area contributed by atoms with Gasteiger partial charge in [-0.25, -0.2) is 19.1 Å². The number of anilines is 1. The van der Waals surface area contributed by atoms with Crippen molar-refractivity contribution in [2.75, 3.05) is 19.1 Å². The van der Waals surface area contributed by atoms with Crippen molar-refractivity contribution in [2.24, 2.45) is 4.99 Å². The summed E-state index contributed by atoms with van der Waals surface area (Å²) in [6, 6.07) is 4.66. The zero-order valence-electron chi connectivity index (χ0n) is 11.6. The van der Waals surface area contributed by atoms with Crippen molar-refractivity contribution in [1.82, 2.24) is 5.01 Å². The molecule has 6 nitrogen and oxygen atoms in total. The first-order valence-electron chi connectivity index (χ1n) is 6.47. The quantitative estimate of drug-likeness (QED) is 0.783. The molecule has 0 bridgehead atoms. The maximum atomic E-state index is 14.0. The van der Waals surface area contributed by atoms with Gasteiger partial charge in [-0.3, -0.25) is 10.4 Å². The zero-order valence-corrected chi connectivity index (χ0v) is 13.2. The van der Waals surface area contributed by atoms with Crippen LogP contribution in [-0.4, -0.2) is 31.0 Å². The number of fused-ring (bicyclic) bond motifs is 1. The number of quaternary nitrogens is 1. The van der Waals surface area contributed by atoms with E-state index < -0.39 is 11.8 Å². The van der Waals surface area contributed by atoms with Crippen LogP contribution in [0.25, 0.3) is 0 Å². The molecule has 0 aromatic heterocycles. The Bertz CT molecular complexity index is 717. The number of rotatable bonds is 3. The maximum absolute atomic E-state index is 14.0. The molecule has 0 aliphatic carbocycles. The molecule has 2 aliphatic rings. The number of nitrogens with one attached hydrogen (secondary N) is 2. The predicted molar refractivity (Wildman–Crippen MR) is 82.1 cm³/mol. The van der Waals surface area contributed by atoms with Crippen LogP contribution in [0.3, 0.4) is 0 Å². The van der Waals surface area contributed by atoms with Crippen molar-refractivity contribution in [3.63, 3.8) is 0 Å². The number of nitrogens with zero attached hydrogens (tertiary/aromatic N) is 2. The smallest absolute Gasteiger partial charge is 0.361 e. The molecule has 1 atom stereocenters. The van der Waals surface area contributed by atoms with Crippen LogP contribution >= 0.6 is 15.9 Å². The lowest BCUT2D eigenvalue weighted by atomic mass is 10.3. The normalized spacial score (nSPS) is 19.4. The van der Waals surface area contributed by atoms with E-state index in [0.29, 0.717) is 16.7 Å². The predicted octanol–water partition coefficient (Wildman–Crippen LogP) is 1.01. The molecule has 0 spiro atoms. The average Bonchev–Trinajstić information content (AvgIpc) is 2.95. The van der Waals surface area contributed by atoms with Crippen molar-refractivity contribution in [3.8, 4) is 0 Å². The fourth-order valence-electron chi connectivity index (χ4n) is 2.21. The highest BCUT2D eigenvalue weighted by atomic mass is 79.9. The molecule has 114 valence electrons. The minimum atomic E-state index is -0.503. The Labute approximate surface area is 134 Å². The van der Waals surface area contributed by atoms with Crippen LogP contribution in [-0.2, 0) is 9.53 Å². The van der Waals surface area contributed by atoms with Gasteiger partial charge in [0.1, 0.15) is 18.6 Å². The van der Waals surface area contributed by atoms with E-state index in [2.05, 4.69) is 26.3 Å². The minimum absolute atomic E-state index is 0.265. The van der Waals surface area contributed by atoms with Crippen molar-refractivity contribution in [2.45, 2.75) is 0 Å². The first-order chi connectivity index (χ1) is 10.6. The number of aliphatic imine (C=N–C) groups is 1. The Hall–Kier alpha value is -2.19. The van der Waals surface area contributed by atoms with Gasteiger partial charge >= 0.3 is 5.97 Å². The molecule has 1 unspecified atom stereocenters. The fraction of sp³-hybridized carbons (Fsp3) is 0.143. The number of esters is 1. The fourth-order valence-corrected chi connectivity index (χ4v) is 2.54. The molecular formula is C14H13BrFN4O2+. The van der Waals surface area contributed by atoms with Gasteiger partial charge in [-0.2, -0.15) is 0 Å². The van der Waals surface area contributed by atoms with Crippen LogP contribution in [0.4, 0.5) is 10.1 Å². The second kappa shape index (κ2) is 5.90. The lowest BCUT2D eigenvalue weighted by molar-refractivity contribution is -0.694. The zero-order chi connectivity index (χ0) is 15.7. The van der Waals surface area contributed by atoms with Gasteiger partial charge in [0.2, 0.25) is 0 Å². The third kappa shape index (κ3) is 2.75. The van der Waals surface area contributed by atoms with Crippen molar-refractivity contribution in [3.05, 3.63) is 52.3 Å². The molecule has 22 heavy (non-hydrogen) atoms. The second-order valence-corrected chi connectivity index (χ2v) is 5.65. The van der Waals surface area contributed by atoms with Gasteiger partial charge in [0.15, 0.2) is 17.7 Å². The number of hydrogen-bond acceptors (Lipinski definition) is 5. The van der Waals surface area contributed by atoms with E-state index in [1.54, 1.807) is 35.9 Å². The van der Waals surface area contributed by atoms with Gasteiger partial charge in [-0.1, -0.05) is 15.9 Å². The van der Waals surface area contributed by atoms with Crippen LogP contribution in [0.2, 0.25) is 0 Å². The monoisotopic (exact) mass is 367 g/mol. The molecular weight excluding hydrogens is 355 g/mol. The molecule has 0 amide bonds. The van der Waals surface area contributed by atoms with Crippen molar-refractivity contribution in [1.29, 1.82) is 0 Å². The van der Waals surface area contributed by atoms with E-state index in [0.717, 1.165) is 10.6 Å². The topological polar surface area (TPSA) is 58.4 Å². The molecule has 2 heterocycles. The Morgan fingerprint density at radius 3 is 3.09 bits per heavy atom. The Kier molecular flexibility index (Phi) is 3.95. The molecule has 1 aromatic rings. The molecule has 0 fully saturated rings.